The number of aromatic nitrogens is 3. The number of nitrogens with zero attached hydrogens (tertiary/aromatic N) is 2. The Hall–Kier alpha value is -3.52. The van der Waals surface area contributed by atoms with E-state index in [9.17, 15) is 4.79 Å². The Kier molecular flexibility index (Phi) is 5.33. The van der Waals surface area contributed by atoms with Crippen molar-refractivity contribution < 1.29 is 18.8 Å². The van der Waals surface area contributed by atoms with Gasteiger partial charge in [-0.25, -0.2) is 0 Å². The number of amides is 1. The summed E-state index contributed by atoms with van der Waals surface area (Å²) < 4.78 is 15.9. The molecule has 0 radical (unpaired) electrons. The lowest BCUT2D eigenvalue weighted by molar-refractivity contribution is 0.0928. The molecule has 1 atom stereocenters. The van der Waals surface area contributed by atoms with Gasteiger partial charge in [0.05, 0.1) is 14.2 Å². The van der Waals surface area contributed by atoms with Gasteiger partial charge < -0.3 is 24.3 Å². The lowest BCUT2D eigenvalue weighted by Crippen LogP contribution is -2.27. The maximum atomic E-state index is 12.6. The molecule has 2 aromatic carbocycles. The number of H-pyrrole nitrogens is 1. The van der Waals surface area contributed by atoms with Crippen LogP contribution in [0.15, 0.2) is 47.0 Å². The molecule has 2 aromatic heterocycles. The van der Waals surface area contributed by atoms with Crippen molar-refractivity contribution in [3.8, 4) is 22.9 Å². The molecule has 0 saturated carbocycles. The van der Waals surface area contributed by atoms with E-state index < -0.39 is 6.04 Å². The van der Waals surface area contributed by atoms with E-state index in [1.807, 2.05) is 6.07 Å². The van der Waals surface area contributed by atoms with Crippen LogP contribution in [0, 0.1) is 0 Å². The zero-order valence-electron chi connectivity index (χ0n) is 16.5. The fourth-order valence-electron chi connectivity index (χ4n) is 3.07. The lowest BCUT2D eigenvalue weighted by atomic mass is 10.2. The van der Waals surface area contributed by atoms with Gasteiger partial charge in [-0.2, -0.15) is 4.98 Å². The number of rotatable bonds is 6. The second kappa shape index (κ2) is 8.08. The van der Waals surface area contributed by atoms with E-state index in [0.29, 0.717) is 33.6 Å². The first kappa shape index (κ1) is 19.8. The summed E-state index contributed by atoms with van der Waals surface area (Å²) in [4.78, 5) is 20.1. The number of fused-ring (bicyclic) bond motifs is 1. The summed E-state index contributed by atoms with van der Waals surface area (Å²) >= 11 is 6.00. The first-order valence-electron chi connectivity index (χ1n) is 9.13. The first-order chi connectivity index (χ1) is 14.5. The Balaban J connectivity index is 1.51. The summed E-state index contributed by atoms with van der Waals surface area (Å²) in [5, 5.41) is 8.32. The normalized spacial score (nSPS) is 12.0. The van der Waals surface area contributed by atoms with Crippen LogP contribution in [0.2, 0.25) is 5.02 Å². The minimum Gasteiger partial charge on any atom is -0.493 e. The number of aromatic amines is 1. The number of nitrogens with one attached hydrogen (secondary N) is 2. The molecule has 2 N–H and O–H groups in total. The van der Waals surface area contributed by atoms with Crippen molar-refractivity contribution in [1.29, 1.82) is 0 Å². The molecule has 1 unspecified atom stereocenters. The van der Waals surface area contributed by atoms with Crippen LogP contribution in [-0.4, -0.2) is 35.3 Å². The Morgan fingerprint density at radius 2 is 1.93 bits per heavy atom. The quantitative estimate of drug-likeness (QED) is 0.474. The second-order valence-corrected chi connectivity index (χ2v) is 7.07. The monoisotopic (exact) mass is 426 g/mol. The number of carbonyl (C=O) groups excluding carboxylic acids is 1. The van der Waals surface area contributed by atoms with Gasteiger partial charge in [0.2, 0.25) is 11.7 Å². The Bertz CT molecular complexity index is 1220. The van der Waals surface area contributed by atoms with Crippen molar-refractivity contribution in [2.24, 2.45) is 0 Å². The van der Waals surface area contributed by atoms with Crippen LogP contribution in [0.4, 0.5) is 0 Å². The summed E-state index contributed by atoms with van der Waals surface area (Å²) in [6.07, 6.45) is 0. The first-order valence-corrected chi connectivity index (χ1v) is 9.51. The summed E-state index contributed by atoms with van der Waals surface area (Å²) in [5.74, 6) is 1.53. The topological polar surface area (TPSA) is 102 Å². The predicted octanol–water partition coefficient (Wildman–Crippen LogP) is 4.38. The fraction of sp³-hybridized carbons (Fsp3) is 0.190. The molecule has 0 fully saturated rings. The molecule has 2 heterocycles. The lowest BCUT2D eigenvalue weighted by Gasteiger charge is -2.08. The van der Waals surface area contributed by atoms with Gasteiger partial charge in [-0.1, -0.05) is 16.8 Å². The Labute approximate surface area is 177 Å². The van der Waals surface area contributed by atoms with Crippen LogP contribution in [0.1, 0.15) is 29.3 Å². The number of ether oxygens (including phenoxy) is 2. The molecule has 154 valence electrons. The molecule has 0 spiro atoms. The minimum atomic E-state index is -0.492. The van der Waals surface area contributed by atoms with Crippen LogP contribution in [0.3, 0.4) is 0 Å². The van der Waals surface area contributed by atoms with Crippen LogP contribution < -0.4 is 14.8 Å². The highest BCUT2D eigenvalue weighted by atomic mass is 35.5. The average Bonchev–Trinajstić information content (AvgIpc) is 3.40. The molecule has 8 nitrogen and oxygen atoms in total. The third-order valence-electron chi connectivity index (χ3n) is 4.63. The molecule has 0 aliphatic heterocycles. The molecule has 9 heteroatoms. The van der Waals surface area contributed by atoms with Gasteiger partial charge in [0.15, 0.2) is 11.5 Å². The SMILES string of the molecule is COc1ccc(-c2noc(C(C)NC(=O)c3cc4cc(Cl)ccc4[nH]3)n2)cc1OC. The molecule has 4 aromatic rings. The molecular formula is C21H19ClN4O4. The molecule has 0 aliphatic carbocycles. The van der Waals surface area contributed by atoms with E-state index in [1.165, 1.54) is 0 Å². The van der Waals surface area contributed by atoms with Crippen LogP contribution in [0.5, 0.6) is 11.5 Å². The molecule has 0 saturated heterocycles. The zero-order valence-corrected chi connectivity index (χ0v) is 17.3. The second-order valence-electron chi connectivity index (χ2n) is 6.64. The highest BCUT2D eigenvalue weighted by molar-refractivity contribution is 6.31. The van der Waals surface area contributed by atoms with Crippen LogP contribution in [0.25, 0.3) is 22.3 Å². The standard InChI is InChI=1S/C21H19ClN4O4/c1-11(23-20(27)16-9-13-8-14(22)5-6-15(13)24-16)21-25-19(26-30-21)12-4-7-17(28-2)18(10-12)29-3/h4-11,24H,1-3H3,(H,23,27). The largest absolute Gasteiger partial charge is 0.493 e. The maximum Gasteiger partial charge on any atom is 0.268 e. The Morgan fingerprint density at radius 3 is 2.70 bits per heavy atom. The van der Waals surface area contributed by atoms with E-state index in [4.69, 9.17) is 25.6 Å². The number of hydrogen-bond donors (Lipinski definition) is 2. The van der Waals surface area contributed by atoms with Crippen molar-refractivity contribution >= 4 is 28.4 Å². The van der Waals surface area contributed by atoms with Crippen molar-refractivity contribution in [3.05, 3.63) is 59.1 Å². The molecule has 0 aliphatic rings. The molecule has 1 amide bonds. The summed E-state index contributed by atoms with van der Waals surface area (Å²) in [6.45, 7) is 1.77. The van der Waals surface area contributed by atoms with Crippen molar-refractivity contribution in [3.63, 3.8) is 0 Å². The van der Waals surface area contributed by atoms with Crippen LogP contribution >= 0.6 is 11.6 Å². The fourth-order valence-corrected chi connectivity index (χ4v) is 3.25. The zero-order chi connectivity index (χ0) is 21.3. The third kappa shape index (κ3) is 3.81. The summed E-state index contributed by atoms with van der Waals surface area (Å²) in [5.41, 5.74) is 1.94. The molecule has 0 bridgehead atoms. The van der Waals surface area contributed by atoms with Gasteiger partial charge in [-0.3, -0.25) is 4.79 Å². The van der Waals surface area contributed by atoms with Gasteiger partial charge in [-0.05, 0) is 49.4 Å². The number of benzene rings is 2. The van der Waals surface area contributed by atoms with Crippen molar-refractivity contribution in [2.45, 2.75) is 13.0 Å². The minimum absolute atomic E-state index is 0.285. The smallest absolute Gasteiger partial charge is 0.268 e. The van der Waals surface area contributed by atoms with E-state index in [-0.39, 0.29) is 11.8 Å². The highest BCUT2D eigenvalue weighted by Gasteiger charge is 2.20. The van der Waals surface area contributed by atoms with Crippen LogP contribution in [-0.2, 0) is 0 Å². The van der Waals surface area contributed by atoms with Crippen molar-refractivity contribution in [1.82, 2.24) is 20.4 Å². The van der Waals surface area contributed by atoms with Gasteiger partial charge in [0.25, 0.3) is 5.91 Å². The van der Waals surface area contributed by atoms with Gasteiger partial charge in [0, 0.05) is 21.5 Å². The van der Waals surface area contributed by atoms with Gasteiger partial charge >= 0.3 is 0 Å². The van der Waals surface area contributed by atoms with E-state index in [1.54, 1.807) is 57.5 Å². The van der Waals surface area contributed by atoms with Gasteiger partial charge in [-0.15, -0.1) is 0 Å². The van der Waals surface area contributed by atoms with E-state index in [0.717, 1.165) is 10.9 Å². The number of methoxy groups -OCH3 is 2. The summed E-state index contributed by atoms with van der Waals surface area (Å²) in [6, 6.07) is 11.9. The van der Waals surface area contributed by atoms with E-state index in [2.05, 4.69) is 20.4 Å². The molecular weight excluding hydrogens is 408 g/mol. The molecule has 4 rings (SSSR count). The highest BCUT2D eigenvalue weighted by Crippen LogP contribution is 2.31. The molecule has 30 heavy (non-hydrogen) atoms. The third-order valence-corrected chi connectivity index (χ3v) is 4.86. The number of hydrogen-bond acceptors (Lipinski definition) is 6. The summed E-state index contributed by atoms with van der Waals surface area (Å²) in [7, 11) is 3.12. The van der Waals surface area contributed by atoms with Crippen molar-refractivity contribution in [2.75, 3.05) is 14.2 Å². The average molecular weight is 427 g/mol. The Morgan fingerprint density at radius 1 is 1.13 bits per heavy atom. The number of halogens is 1. The maximum absolute atomic E-state index is 12.6. The number of carbonyl (C=O) groups is 1. The van der Waals surface area contributed by atoms with E-state index >= 15 is 0 Å². The van der Waals surface area contributed by atoms with Gasteiger partial charge in [0.1, 0.15) is 11.7 Å². The predicted molar refractivity (Wildman–Crippen MR) is 112 cm³/mol.